The maximum Gasteiger partial charge on any atom is 0.410 e. The van der Waals surface area contributed by atoms with Gasteiger partial charge in [-0.2, -0.15) is 0 Å². The Morgan fingerprint density at radius 3 is 2.23 bits per heavy atom. The highest BCUT2D eigenvalue weighted by Gasteiger charge is 2.18. The number of hydrogen-bond acceptors (Lipinski definition) is 5. The molecule has 0 fully saturated rings. The van der Waals surface area contributed by atoms with Crippen molar-refractivity contribution in [1.82, 2.24) is 10.2 Å². The van der Waals surface area contributed by atoms with Gasteiger partial charge in [0.05, 0.1) is 6.61 Å². The predicted octanol–water partition coefficient (Wildman–Crippen LogP) is 3.24. The molecular formula is C19H31N3O4. The third kappa shape index (κ3) is 8.09. The monoisotopic (exact) mass is 365 g/mol. The van der Waals surface area contributed by atoms with E-state index >= 15 is 0 Å². The van der Waals surface area contributed by atoms with Crippen LogP contribution in [0.2, 0.25) is 0 Å². The molecule has 1 N–H and O–H groups in total. The molecule has 0 aliphatic rings. The van der Waals surface area contributed by atoms with Gasteiger partial charge in [0.25, 0.3) is 0 Å². The lowest BCUT2D eigenvalue weighted by molar-refractivity contribution is 0.0516. The molecule has 1 aromatic carbocycles. The molecule has 0 radical (unpaired) electrons. The summed E-state index contributed by atoms with van der Waals surface area (Å²) in [4.78, 5) is 27.5. The second-order valence-electron chi connectivity index (χ2n) is 7.11. The van der Waals surface area contributed by atoms with E-state index in [0.717, 1.165) is 11.3 Å². The van der Waals surface area contributed by atoms with Crippen LogP contribution in [0, 0.1) is 0 Å². The summed E-state index contributed by atoms with van der Waals surface area (Å²) in [7, 11) is 3.95. The molecule has 0 saturated carbocycles. The van der Waals surface area contributed by atoms with Gasteiger partial charge >= 0.3 is 12.2 Å². The minimum Gasteiger partial charge on any atom is -0.450 e. The number of amides is 2. The van der Waals surface area contributed by atoms with Gasteiger partial charge in [-0.25, -0.2) is 9.59 Å². The fraction of sp³-hybridized carbons (Fsp3) is 0.579. The van der Waals surface area contributed by atoms with Crippen LogP contribution in [0.5, 0.6) is 0 Å². The van der Waals surface area contributed by atoms with Crippen LogP contribution in [0.3, 0.4) is 0 Å². The topological polar surface area (TPSA) is 71.1 Å². The van der Waals surface area contributed by atoms with Crippen LogP contribution in [-0.4, -0.2) is 56.5 Å². The van der Waals surface area contributed by atoms with Crippen LogP contribution in [0.1, 0.15) is 33.3 Å². The zero-order valence-corrected chi connectivity index (χ0v) is 16.7. The number of rotatable bonds is 7. The Bertz CT molecular complexity index is 579. The highest BCUT2D eigenvalue weighted by atomic mass is 16.6. The van der Waals surface area contributed by atoms with Gasteiger partial charge in [0.15, 0.2) is 0 Å². The number of carbonyl (C=O) groups excluding carboxylic acids is 2. The zero-order chi connectivity index (χ0) is 19.7. The first kappa shape index (κ1) is 21.6. The maximum atomic E-state index is 12.2. The molecule has 0 heterocycles. The normalized spacial score (nSPS) is 10.8. The summed E-state index contributed by atoms with van der Waals surface area (Å²) in [5.41, 5.74) is 1.52. The van der Waals surface area contributed by atoms with Crippen molar-refractivity contribution in [3.8, 4) is 0 Å². The number of benzene rings is 1. The van der Waals surface area contributed by atoms with Crippen molar-refractivity contribution in [2.75, 3.05) is 38.7 Å². The van der Waals surface area contributed by atoms with E-state index in [0.29, 0.717) is 19.7 Å². The second kappa shape index (κ2) is 9.89. The molecule has 0 spiro atoms. The molecule has 7 nitrogen and oxygen atoms in total. The van der Waals surface area contributed by atoms with Crippen LogP contribution >= 0.6 is 0 Å². The molecule has 0 aliphatic heterocycles. The van der Waals surface area contributed by atoms with Crippen molar-refractivity contribution in [3.05, 3.63) is 29.8 Å². The van der Waals surface area contributed by atoms with E-state index in [9.17, 15) is 9.59 Å². The minimum absolute atomic E-state index is 0.281. The molecule has 0 saturated heterocycles. The van der Waals surface area contributed by atoms with Crippen molar-refractivity contribution in [3.63, 3.8) is 0 Å². The van der Waals surface area contributed by atoms with Crippen LogP contribution in [0.25, 0.3) is 0 Å². The molecule has 26 heavy (non-hydrogen) atoms. The smallest absolute Gasteiger partial charge is 0.410 e. The van der Waals surface area contributed by atoms with Gasteiger partial charge in [-0.3, -0.25) is 0 Å². The highest BCUT2D eigenvalue weighted by Crippen LogP contribution is 2.14. The van der Waals surface area contributed by atoms with E-state index < -0.39 is 17.8 Å². The van der Waals surface area contributed by atoms with Crippen LogP contribution in [0.4, 0.5) is 15.3 Å². The Morgan fingerprint density at radius 1 is 1.12 bits per heavy atom. The number of nitrogens with zero attached hydrogens (tertiary/aromatic N) is 2. The summed E-state index contributed by atoms with van der Waals surface area (Å²) in [6, 6.07) is 7.95. The van der Waals surface area contributed by atoms with Crippen molar-refractivity contribution < 1.29 is 19.1 Å². The van der Waals surface area contributed by atoms with Crippen LogP contribution in [-0.2, 0) is 16.0 Å². The molecule has 146 valence electrons. The molecule has 1 rings (SSSR count). The summed E-state index contributed by atoms with van der Waals surface area (Å²) in [5, 5.41) is 2.66. The summed E-state index contributed by atoms with van der Waals surface area (Å²) in [5.74, 6) is 0. The predicted molar refractivity (Wildman–Crippen MR) is 102 cm³/mol. The maximum absolute atomic E-state index is 12.2. The number of alkyl carbamates (subject to hydrolysis) is 1. The van der Waals surface area contributed by atoms with Gasteiger partial charge in [-0.05, 0) is 45.4 Å². The van der Waals surface area contributed by atoms with Gasteiger partial charge in [0.2, 0.25) is 0 Å². The Balaban J connectivity index is 2.64. The molecule has 0 aliphatic carbocycles. The van der Waals surface area contributed by atoms with Crippen LogP contribution in [0.15, 0.2) is 24.3 Å². The van der Waals surface area contributed by atoms with E-state index in [-0.39, 0.29) is 6.54 Å². The Hall–Kier alpha value is -2.44. The van der Waals surface area contributed by atoms with E-state index in [2.05, 4.69) is 5.32 Å². The number of carbonyl (C=O) groups is 2. The van der Waals surface area contributed by atoms with Gasteiger partial charge in [0, 0.05) is 39.4 Å². The number of hydrogen-bond donors (Lipinski definition) is 1. The van der Waals surface area contributed by atoms with E-state index in [1.54, 1.807) is 32.6 Å². The summed E-state index contributed by atoms with van der Waals surface area (Å²) < 4.78 is 10.3. The number of anilines is 1. The van der Waals surface area contributed by atoms with Gasteiger partial charge in [-0.15, -0.1) is 0 Å². The first-order chi connectivity index (χ1) is 12.1. The Labute approximate surface area is 156 Å². The largest absolute Gasteiger partial charge is 0.450 e. The fourth-order valence-electron chi connectivity index (χ4n) is 2.18. The SMILES string of the molecule is CCOC(=O)N(CCNC(=O)OC(C)(C)C)Cc1ccc(N(C)C)cc1. The Morgan fingerprint density at radius 2 is 1.73 bits per heavy atom. The molecular weight excluding hydrogens is 334 g/mol. The average Bonchev–Trinajstić information content (AvgIpc) is 2.53. The van der Waals surface area contributed by atoms with Crippen LogP contribution < -0.4 is 10.2 Å². The van der Waals surface area contributed by atoms with E-state index in [1.165, 1.54) is 0 Å². The highest BCUT2D eigenvalue weighted by molar-refractivity contribution is 5.69. The van der Waals surface area contributed by atoms with E-state index in [4.69, 9.17) is 9.47 Å². The molecule has 7 heteroatoms. The lowest BCUT2D eigenvalue weighted by atomic mass is 10.2. The molecule has 0 bridgehead atoms. The Kier molecular flexibility index (Phi) is 8.22. The third-order valence-electron chi connectivity index (χ3n) is 3.40. The first-order valence-electron chi connectivity index (χ1n) is 8.77. The lowest BCUT2D eigenvalue weighted by Gasteiger charge is -2.24. The van der Waals surface area contributed by atoms with Crippen molar-refractivity contribution in [1.29, 1.82) is 0 Å². The molecule has 2 amide bonds. The molecule has 0 aromatic heterocycles. The summed E-state index contributed by atoms with van der Waals surface area (Å²) in [6.45, 7) is 8.48. The number of ether oxygens (including phenoxy) is 2. The fourth-order valence-corrected chi connectivity index (χ4v) is 2.18. The standard InChI is InChI=1S/C19H31N3O4/c1-7-25-18(24)22(13-12-20-17(23)26-19(2,3)4)14-15-8-10-16(11-9-15)21(5)6/h8-11H,7,12-14H2,1-6H3,(H,20,23). The molecule has 0 atom stereocenters. The molecule has 0 unspecified atom stereocenters. The van der Waals surface area contributed by atoms with Gasteiger partial charge < -0.3 is 24.6 Å². The average molecular weight is 365 g/mol. The van der Waals surface area contributed by atoms with Gasteiger partial charge in [-0.1, -0.05) is 12.1 Å². The van der Waals surface area contributed by atoms with Gasteiger partial charge in [0.1, 0.15) is 5.60 Å². The summed E-state index contributed by atoms with van der Waals surface area (Å²) in [6.07, 6.45) is -0.910. The second-order valence-corrected chi connectivity index (χ2v) is 7.11. The van der Waals surface area contributed by atoms with E-state index in [1.807, 2.05) is 43.3 Å². The van der Waals surface area contributed by atoms with Crippen molar-refractivity contribution in [2.45, 2.75) is 39.8 Å². The minimum atomic E-state index is -0.556. The zero-order valence-electron chi connectivity index (χ0n) is 16.7. The molecule has 1 aromatic rings. The third-order valence-corrected chi connectivity index (χ3v) is 3.40. The van der Waals surface area contributed by atoms with Crippen molar-refractivity contribution >= 4 is 17.9 Å². The quantitative estimate of drug-likeness (QED) is 0.803. The lowest BCUT2D eigenvalue weighted by Crippen LogP contribution is -2.40. The first-order valence-corrected chi connectivity index (χ1v) is 8.77. The summed E-state index contributed by atoms with van der Waals surface area (Å²) >= 11 is 0. The van der Waals surface area contributed by atoms with Crippen molar-refractivity contribution in [2.24, 2.45) is 0 Å². The number of nitrogens with one attached hydrogen (secondary N) is 1.